The maximum Gasteiger partial charge on any atom is 0.0314 e. The summed E-state index contributed by atoms with van der Waals surface area (Å²) in [7, 11) is 0. The van der Waals surface area contributed by atoms with Gasteiger partial charge in [0, 0.05) is 5.69 Å². The fourth-order valence-corrected chi connectivity index (χ4v) is 0.973. The van der Waals surface area contributed by atoms with Gasteiger partial charge >= 0.3 is 0 Å². The Kier molecular flexibility index (Phi) is 6.16. The molecule has 0 unspecified atom stereocenters. The minimum Gasteiger partial charge on any atom is -0.399 e. The Balaban J connectivity index is 0.000000561. The lowest BCUT2D eigenvalue weighted by molar-refractivity contribution is 0.922. The fourth-order valence-electron chi connectivity index (χ4n) is 0.973. The first-order valence-corrected chi connectivity index (χ1v) is 4.67. The highest BCUT2D eigenvalue weighted by molar-refractivity contribution is 5.39. The topological polar surface area (TPSA) is 26.0 Å². The molecule has 68 valence electrons. The molecule has 1 aromatic carbocycles. The van der Waals surface area contributed by atoms with Gasteiger partial charge in [-0.1, -0.05) is 39.3 Å². The van der Waals surface area contributed by atoms with Crippen molar-refractivity contribution in [1.82, 2.24) is 0 Å². The number of nitrogens with two attached hydrogens (primary N) is 1. The highest BCUT2D eigenvalue weighted by Crippen LogP contribution is 2.06. The number of benzene rings is 1. The molecule has 12 heavy (non-hydrogen) atoms. The number of nitrogen functional groups attached to an aromatic ring is 1. The summed E-state index contributed by atoms with van der Waals surface area (Å²) in [6, 6.07) is 8.06. The quantitative estimate of drug-likeness (QED) is 0.669. The van der Waals surface area contributed by atoms with Crippen molar-refractivity contribution in [3.63, 3.8) is 0 Å². The molecule has 0 saturated carbocycles. The lowest BCUT2D eigenvalue weighted by atomic mass is 10.1. The summed E-state index contributed by atoms with van der Waals surface area (Å²) in [5, 5.41) is 0. The molecular formula is C11H19N. The number of aryl methyl sites for hydroxylation is 1. The van der Waals surface area contributed by atoms with E-state index in [4.69, 9.17) is 5.73 Å². The minimum absolute atomic E-state index is 0.847. The van der Waals surface area contributed by atoms with Crippen molar-refractivity contribution in [3.05, 3.63) is 29.8 Å². The lowest BCUT2D eigenvalue weighted by Gasteiger charge is -1.97. The molecule has 0 bridgehead atoms. The van der Waals surface area contributed by atoms with Crippen LogP contribution in [0.3, 0.4) is 0 Å². The van der Waals surface area contributed by atoms with Crippen LogP contribution in [0.25, 0.3) is 0 Å². The number of hydrogen-bond donors (Lipinski definition) is 1. The van der Waals surface area contributed by atoms with Gasteiger partial charge in [-0.3, -0.25) is 0 Å². The van der Waals surface area contributed by atoms with Gasteiger partial charge in [0.05, 0.1) is 0 Å². The number of hydrogen-bond acceptors (Lipinski definition) is 1. The molecule has 1 aromatic rings. The van der Waals surface area contributed by atoms with Crippen LogP contribution in [0.5, 0.6) is 0 Å². The fraction of sp³-hybridized carbons (Fsp3) is 0.455. The maximum absolute atomic E-state index is 5.52. The second kappa shape index (κ2) is 6.71. The van der Waals surface area contributed by atoms with E-state index in [0.717, 1.165) is 12.1 Å². The highest BCUT2D eigenvalue weighted by Gasteiger charge is 1.88. The molecule has 0 aromatic heterocycles. The molecule has 0 aliphatic rings. The molecule has 0 atom stereocenters. The van der Waals surface area contributed by atoms with Crippen molar-refractivity contribution < 1.29 is 0 Å². The van der Waals surface area contributed by atoms with Crippen LogP contribution in [0.2, 0.25) is 0 Å². The molecule has 0 heterocycles. The van der Waals surface area contributed by atoms with Gasteiger partial charge < -0.3 is 5.73 Å². The normalized spacial score (nSPS) is 8.58. The van der Waals surface area contributed by atoms with Crippen LogP contribution in [0.4, 0.5) is 5.69 Å². The Labute approximate surface area is 75.6 Å². The second-order valence-electron chi connectivity index (χ2n) is 2.49. The Bertz CT molecular complexity index is 189. The molecule has 1 nitrogen and oxygen atoms in total. The summed E-state index contributed by atoms with van der Waals surface area (Å²) >= 11 is 0. The summed E-state index contributed by atoms with van der Waals surface area (Å²) in [6.07, 6.45) is 2.35. The second-order valence-corrected chi connectivity index (χ2v) is 2.49. The third-order valence-corrected chi connectivity index (χ3v) is 1.52. The summed E-state index contributed by atoms with van der Waals surface area (Å²) in [5.74, 6) is 0. The van der Waals surface area contributed by atoms with E-state index in [2.05, 4.69) is 19.1 Å². The van der Waals surface area contributed by atoms with Gasteiger partial charge in [-0.05, 0) is 24.1 Å². The van der Waals surface area contributed by atoms with Gasteiger partial charge in [-0.15, -0.1) is 0 Å². The van der Waals surface area contributed by atoms with E-state index in [1.165, 1.54) is 12.0 Å². The molecule has 2 N–H and O–H groups in total. The van der Waals surface area contributed by atoms with E-state index in [1.807, 2.05) is 26.0 Å². The molecule has 0 aliphatic carbocycles. The van der Waals surface area contributed by atoms with E-state index in [9.17, 15) is 0 Å². The largest absolute Gasteiger partial charge is 0.399 e. The zero-order valence-corrected chi connectivity index (χ0v) is 8.30. The third kappa shape index (κ3) is 4.02. The maximum atomic E-state index is 5.52. The molecule has 0 radical (unpaired) electrons. The van der Waals surface area contributed by atoms with Crippen LogP contribution < -0.4 is 5.73 Å². The van der Waals surface area contributed by atoms with Crippen LogP contribution >= 0.6 is 0 Å². The van der Waals surface area contributed by atoms with Crippen molar-refractivity contribution >= 4 is 5.69 Å². The summed E-state index contributed by atoms with van der Waals surface area (Å²) in [4.78, 5) is 0. The van der Waals surface area contributed by atoms with Crippen molar-refractivity contribution in [2.75, 3.05) is 5.73 Å². The lowest BCUT2D eigenvalue weighted by Crippen LogP contribution is -1.86. The van der Waals surface area contributed by atoms with Crippen molar-refractivity contribution in [2.24, 2.45) is 0 Å². The number of anilines is 1. The average Bonchev–Trinajstić information content (AvgIpc) is 2.13. The van der Waals surface area contributed by atoms with Crippen LogP contribution in [0.15, 0.2) is 24.3 Å². The van der Waals surface area contributed by atoms with Gasteiger partial charge in [-0.2, -0.15) is 0 Å². The van der Waals surface area contributed by atoms with Gasteiger partial charge in [0.15, 0.2) is 0 Å². The van der Waals surface area contributed by atoms with Crippen LogP contribution in [-0.2, 0) is 6.42 Å². The zero-order chi connectivity index (χ0) is 9.40. The zero-order valence-electron chi connectivity index (χ0n) is 8.30. The summed E-state index contributed by atoms with van der Waals surface area (Å²) in [5.41, 5.74) is 7.74. The monoisotopic (exact) mass is 165 g/mol. The van der Waals surface area contributed by atoms with Crippen molar-refractivity contribution in [1.29, 1.82) is 0 Å². The van der Waals surface area contributed by atoms with Gasteiger partial charge in [0.25, 0.3) is 0 Å². The molecule has 0 spiro atoms. The highest BCUT2D eigenvalue weighted by atomic mass is 14.5. The first-order chi connectivity index (χ1) is 5.83. The Morgan fingerprint density at radius 3 is 2.00 bits per heavy atom. The van der Waals surface area contributed by atoms with Crippen molar-refractivity contribution in [3.8, 4) is 0 Å². The van der Waals surface area contributed by atoms with Crippen LogP contribution in [-0.4, -0.2) is 0 Å². The molecule has 0 saturated heterocycles. The minimum atomic E-state index is 0.847. The predicted molar refractivity (Wildman–Crippen MR) is 56.2 cm³/mol. The third-order valence-electron chi connectivity index (χ3n) is 1.52. The first kappa shape index (κ1) is 11.0. The predicted octanol–water partition coefficient (Wildman–Crippen LogP) is 3.25. The van der Waals surface area contributed by atoms with E-state index in [0.29, 0.717) is 0 Å². The molecule has 0 fully saturated rings. The standard InChI is InChI=1S/C9H13N.C2H6/c1-2-3-8-4-6-9(10)7-5-8;1-2/h4-7H,2-3,10H2,1H3;1-2H3. The van der Waals surface area contributed by atoms with E-state index >= 15 is 0 Å². The smallest absolute Gasteiger partial charge is 0.0314 e. The summed E-state index contributed by atoms with van der Waals surface area (Å²) < 4.78 is 0. The Morgan fingerprint density at radius 2 is 1.58 bits per heavy atom. The van der Waals surface area contributed by atoms with Crippen LogP contribution in [0.1, 0.15) is 32.8 Å². The molecule has 1 heteroatoms. The molecule has 1 rings (SSSR count). The van der Waals surface area contributed by atoms with E-state index in [-0.39, 0.29) is 0 Å². The van der Waals surface area contributed by atoms with E-state index < -0.39 is 0 Å². The Hall–Kier alpha value is -0.980. The van der Waals surface area contributed by atoms with Gasteiger partial charge in [-0.25, -0.2) is 0 Å². The molecule has 0 amide bonds. The molecule has 0 aliphatic heterocycles. The first-order valence-electron chi connectivity index (χ1n) is 4.67. The summed E-state index contributed by atoms with van der Waals surface area (Å²) in [6.45, 7) is 6.18. The Morgan fingerprint density at radius 1 is 1.08 bits per heavy atom. The van der Waals surface area contributed by atoms with Crippen molar-refractivity contribution in [2.45, 2.75) is 33.6 Å². The average molecular weight is 165 g/mol. The SMILES string of the molecule is CC.CCCc1ccc(N)cc1. The van der Waals surface area contributed by atoms with Crippen LogP contribution in [0, 0.1) is 0 Å². The van der Waals surface area contributed by atoms with E-state index in [1.54, 1.807) is 0 Å². The van der Waals surface area contributed by atoms with Gasteiger partial charge in [0.1, 0.15) is 0 Å². The number of rotatable bonds is 2. The molecular weight excluding hydrogens is 146 g/mol. The van der Waals surface area contributed by atoms with Gasteiger partial charge in [0.2, 0.25) is 0 Å².